The van der Waals surface area contributed by atoms with Crippen LogP contribution < -0.4 is 5.32 Å². The van der Waals surface area contributed by atoms with E-state index in [1.165, 1.54) is 50.7 Å². The lowest BCUT2D eigenvalue weighted by Crippen LogP contribution is -2.32. The highest BCUT2D eigenvalue weighted by atomic mass is 35.5. The van der Waals surface area contributed by atoms with Crippen LogP contribution in [0, 0.1) is 16.0 Å². The van der Waals surface area contributed by atoms with E-state index in [9.17, 15) is 10.1 Å². The first-order valence-corrected chi connectivity index (χ1v) is 8.14. The molecule has 1 N–H and O–H groups in total. The van der Waals surface area contributed by atoms with E-state index in [1.807, 2.05) is 0 Å². The zero-order valence-corrected chi connectivity index (χ0v) is 13.2. The van der Waals surface area contributed by atoms with E-state index >= 15 is 0 Å². The van der Waals surface area contributed by atoms with Crippen molar-refractivity contribution in [2.75, 3.05) is 0 Å². The van der Waals surface area contributed by atoms with Gasteiger partial charge in [-0.15, -0.1) is 0 Å². The van der Waals surface area contributed by atoms with Gasteiger partial charge < -0.3 is 5.32 Å². The largest absolute Gasteiger partial charge is 0.310 e. The highest BCUT2D eigenvalue weighted by Crippen LogP contribution is 2.28. The highest BCUT2D eigenvalue weighted by Gasteiger charge is 2.20. The predicted molar refractivity (Wildman–Crippen MR) is 85.6 cm³/mol. The number of non-ortho nitro benzene ring substituents is 1. The molecule has 0 saturated heterocycles. The van der Waals surface area contributed by atoms with E-state index in [1.54, 1.807) is 6.07 Å². The van der Waals surface area contributed by atoms with Crippen LogP contribution in [0.4, 0.5) is 5.69 Å². The van der Waals surface area contributed by atoms with Crippen molar-refractivity contribution < 1.29 is 4.92 Å². The van der Waals surface area contributed by atoms with Crippen LogP contribution in [0.1, 0.15) is 51.0 Å². The molecule has 0 heterocycles. The topological polar surface area (TPSA) is 55.2 Å². The van der Waals surface area contributed by atoms with Crippen LogP contribution in [0.3, 0.4) is 0 Å². The summed E-state index contributed by atoms with van der Waals surface area (Å²) < 4.78 is 0. The molecule has 1 aliphatic carbocycles. The van der Waals surface area contributed by atoms with E-state index in [4.69, 9.17) is 11.6 Å². The number of rotatable bonds is 6. The number of halogens is 1. The first-order chi connectivity index (χ1) is 10.1. The molecule has 1 aromatic rings. The van der Waals surface area contributed by atoms with Crippen molar-refractivity contribution in [1.29, 1.82) is 0 Å². The van der Waals surface area contributed by atoms with Crippen molar-refractivity contribution >= 4 is 17.3 Å². The third kappa shape index (κ3) is 4.68. The molecular weight excluding hydrogens is 288 g/mol. The summed E-state index contributed by atoms with van der Waals surface area (Å²) in [4.78, 5) is 10.3. The second-order valence-corrected chi connectivity index (χ2v) is 6.33. The molecule has 0 radical (unpaired) electrons. The molecule has 2 rings (SSSR count). The van der Waals surface area contributed by atoms with Gasteiger partial charge in [0.1, 0.15) is 0 Å². The van der Waals surface area contributed by atoms with Crippen LogP contribution in [-0.2, 0) is 6.54 Å². The SMILES string of the molecule is CCCC1CCC(NCc2ccc([N+](=O)[O-])cc2Cl)CC1. The molecule has 1 fully saturated rings. The maximum Gasteiger partial charge on any atom is 0.270 e. The van der Waals surface area contributed by atoms with Gasteiger partial charge in [0, 0.05) is 24.7 Å². The van der Waals surface area contributed by atoms with Gasteiger partial charge in [0.05, 0.1) is 9.95 Å². The Morgan fingerprint density at radius 1 is 1.33 bits per heavy atom. The smallest absolute Gasteiger partial charge is 0.270 e. The summed E-state index contributed by atoms with van der Waals surface area (Å²) in [7, 11) is 0. The van der Waals surface area contributed by atoms with Crippen molar-refractivity contribution in [2.45, 2.75) is 58.0 Å². The van der Waals surface area contributed by atoms with Crippen LogP contribution in [0.2, 0.25) is 5.02 Å². The molecule has 0 unspecified atom stereocenters. The molecule has 21 heavy (non-hydrogen) atoms. The summed E-state index contributed by atoms with van der Waals surface area (Å²) in [6.07, 6.45) is 7.67. The van der Waals surface area contributed by atoms with E-state index in [0.29, 0.717) is 17.6 Å². The zero-order valence-electron chi connectivity index (χ0n) is 12.5. The van der Waals surface area contributed by atoms with E-state index in [-0.39, 0.29) is 5.69 Å². The summed E-state index contributed by atoms with van der Waals surface area (Å²) in [5.74, 6) is 0.899. The highest BCUT2D eigenvalue weighted by molar-refractivity contribution is 6.31. The Hall–Kier alpha value is -1.13. The standard InChI is InChI=1S/C16H23ClN2O2/c1-2-3-12-4-7-14(8-5-12)18-11-13-6-9-15(19(20)21)10-16(13)17/h6,9-10,12,14,18H,2-5,7-8,11H2,1H3. The number of hydrogen-bond acceptors (Lipinski definition) is 3. The molecule has 116 valence electrons. The summed E-state index contributed by atoms with van der Waals surface area (Å²) in [6.45, 7) is 2.93. The molecule has 0 bridgehead atoms. The maximum atomic E-state index is 10.7. The van der Waals surface area contributed by atoms with Crippen molar-refractivity contribution in [3.63, 3.8) is 0 Å². The van der Waals surface area contributed by atoms with Crippen LogP contribution in [0.15, 0.2) is 18.2 Å². The quantitative estimate of drug-likeness (QED) is 0.612. The fourth-order valence-electron chi connectivity index (χ4n) is 3.11. The molecule has 0 amide bonds. The Morgan fingerprint density at radius 3 is 2.62 bits per heavy atom. The van der Waals surface area contributed by atoms with Gasteiger partial charge in [0.25, 0.3) is 5.69 Å². The lowest BCUT2D eigenvalue weighted by atomic mass is 9.83. The minimum Gasteiger partial charge on any atom is -0.310 e. The molecular formula is C16H23ClN2O2. The van der Waals surface area contributed by atoms with Crippen LogP contribution in [0.25, 0.3) is 0 Å². The molecule has 5 heteroatoms. The molecule has 0 aromatic heterocycles. The Balaban J connectivity index is 1.82. The number of nitrogens with one attached hydrogen (secondary N) is 1. The Morgan fingerprint density at radius 2 is 2.05 bits per heavy atom. The van der Waals surface area contributed by atoms with Crippen molar-refractivity contribution in [3.8, 4) is 0 Å². The number of nitro groups is 1. The molecule has 0 atom stereocenters. The second kappa shape index (κ2) is 7.76. The number of hydrogen-bond donors (Lipinski definition) is 1. The van der Waals surface area contributed by atoms with E-state index in [0.717, 1.165) is 11.5 Å². The third-order valence-electron chi connectivity index (χ3n) is 4.37. The van der Waals surface area contributed by atoms with E-state index < -0.39 is 4.92 Å². The summed E-state index contributed by atoms with van der Waals surface area (Å²) in [5, 5.41) is 14.7. The molecule has 0 spiro atoms. The fourth-order valence-corrected chi connectivity index (χ4v) is 3.35. The molecule has 4 nitrogen and oxygen atoms in total. The summed E-state index contributed by atoms with van der Waals surface area (Å²) >= 11 is 6.11. The van der Waals surface area contributed by atoms with Gasteiger partial charge in [-0.3, -0.25) is 10.1 Å². The maximum absolute atomic E-state index is 10.7. The first kappa shape index (κ1) is 16.2. The van der Waals surface area contributed by atoms with Crippen molar-refractivity contribution in [2.24, 2.45) is 5.92 Å². The average molecular weight is 311 g/mol. The summed E-state index contributed by atoms with van der Waals surface area (Å²) in [6, 6.07) is 5.23. The van der Waals surface area contributed by atoms with Crippen molar-refractivity contribution in [1.82, 2.24) is 5.32 Å². The molecule has 1 saturated carbocycles. The van der Waals surface area contributed by atoms with Gasteiger partial charge in [-0.2, -0.15) is 0 Å². The van der Waals surface area contributed by atoms with Gasteiger partial charge in [-0.05, 0) is 43.2 Å². The van der Waals surface area contributed by atoms with Gasteiger partial charge in [0.2, 0.25) is 0 Å². The van der Waals surface area contributed by atoms with Crippen LogP contribution in [0.5, 0.6) is 0 Å². The Kier molecular flexibility index (Phi) is 6.00. The average Bonchev–Trinajstić information content (AvgIpc) is 2.47. The van der Waals surface area contributed by atoms with Crippen LogP contribution in [-0.4, -0.2) is 11.0 Å². The molecule has 0 aliphatic heterocycles. The molecule has 1 aliphatic rings. The molecule has 1 aromatic carbocycles. The van der Waals surface area contributed by atoms with Gasteiger partial charge in [-0.1, -0.05) is 31.4 Å². The first-order valence-electron chi connectivity index (χ1n) is 7.76. The predicted octanol–water partition coefficient (Wildman–Crippen LogP) is 4.70. The van der Waals surface area contributed by atoms with Crippen LogP contribution >= 0.6 is 11.6 Å². The fraction of sp³-hybridized carbons (Fsp3) is 0.625. The zero-order chi connectivity index (χ0) is 15.2. The number of benzene rings is 1. The van der Waals surface area contributed by atoms with Gasteiger partial charge in [-0.25, -0.2) is 0 Å². The minimum absolute atomic E-state index is 0.0452. The van der Waals surface area contributed by atoms with E-state index in [2.05, 4.69) is 12.2 Å². The Labute approximate surface area is 131 Å². The van der Waals surface area contributed by atoms with Crippen molar-refractivity contribution in [3.05, 3.63) is 38.9 Å². The number of nitro benzene ring substituents is 1. The number of nitrogens with zero attached hydrogens (tertiary/aromatic N) is 1. The summed E-state index contributed by atoms with van der Waals surface area (Å²) in [5.41, 5.74) is 0.974. The van der Waals surface area contributed by atoms with Gasteiger partial charge in [0.15, 0.2) is 0 Å². The van der Waals surface area contributed by atoms with Gasteiger partial charge >= 0.3 is 0 Å². The third-order valence-corrected chi connectivity index (χ3v) is 4.72. The minimum atomic E-state index is -0.419. The monoisotopic (exact) mass is 310 g/mol. The normalized spacial score (nSPS) is 22.2. The lowest BCUT2D eigenvalue weighted by molar-refractivity contribution is -0.384. The Bertz CT molecular complexity index is 485. The lowest BCUT2D eigenvalue weighted by Gasteiger charge is -2.29. The second-order valence-electron chi connectivity index (χ2n) is 5.92.